The van der Waals surface area contributed by atoms with E-state index < -0.39 is 6.09 Å². The third-order valence-electron chi connectivity index (χ3n) is 4.82. The minimum atomic E-state index is -0.414. The van der Waals surface area contributed by atoms with E-state index in [4.69, 9.17) is 16.5 Å². The van der Waals surface area contributed by atoms with Crippen LogP contribution in [0.3, 0.4) is 0 Å². The summed E-state index contributed by atoms with van der Waals surface area (Å²) in [5.74, 6) is 0. The molecular weight excluding hydrogens is 418 g/mol. The predicted molar refractivity (Wildman–Crippen MR) is 122 cm³/mol. The molecule has 3 rings (SSSR count). The molecule has 2 atom stereocenters. The topological polar surface area (TPSA) is 63.2 Å². The van der Waals surface area contributed by atoms with Crippen LogP contribution in [0.15, 0.2) is 72.4 Å². The fraction of sp³-hybridized carbons (Fsp3) is 0.304. The van der Waals surface area contributed by atoms with E-state index in [9.17, 15) is 4.79 Å². The average Bonchev–Trinajstić information content (AvgIpc) is 3.30. The Labute approximate surface area is 186 Å². The summed E-state index contributed by atoms with van der Waals surface area (Å²) in [6.45, 7) is 0.231. The Morgan fingerprint density at radius 1 is 0.967 bits per heavy atom. The Bertz CT molecular complexity index is 863. The molecule has 2 aromatic carbocycles. The molecule has 158 valence electrons. The molecule has 1 heterocycles. The number of hydrogen-bond donors (Lipinski definition) is 2. The highest BCUT2D eigenvalue weighted by Crippen LogP contribution is 2.14. The molecule has 1 amide bonds. The molecule has 0 aliphatic rings. The van der Waals surface area contributed by atoms with Gasteiger partial charge in [-0.2, -0.15) is 0 Å². The Kier molecular flexibility index (Phi) is 9.15. The maximum absolute atomic E-state index is 12.4. The van der Waals surface area contributed by atoms with Crippen LogP contribution in [0, 0.1) is 0 Å². The summed E-state index contributed by atoms with van der Waals surface area (Å²) in [7, 11) is 0. The summed E-state index contributed by atoms with van der Waals surface area (Å²) in [6.07, 6.45) is 4.46. The summed E-state index contributed by atoms with van der Waals surface area (Å²) >= 11 is 7.47. The van der Waals surface area contributed by atoms with Crippen LogP contribution in [0.1, 0.15) is 28.8 Å². The van der Waals surface area contributed by atoms with Gasteiger partial charge in [0.1, 0.15) is 6.61 Å². The van der Waals surface area contributed by atoms with Gasteiger partial charge in [-0.3, -0.25) is 4.98 Å². The van der Waals surface area contributed by atoms with Gasteiger partial charge in [-0.15, -0.1) is 11.3 Å². The fourth-order valence-corrected chi connectivity index (χ4v) is 3.97. The second-order valence-electron chi connectivity index (χ2n) is 7.15. The van der Waals surface area contributed by atoms with Gasteiger partial charge < -0.3 is 10.1 Å². The highest BCUT2D eigenvalue weighted by atomic mass is 35.5. The monoisotopic (exact) mass is 443 g/mol. The van der Waals surface area contributed by atoms with Crippen molar-refractivity contribution in [2.75, 3.05) is 0 Å². The van der Waals surface area contributed by atoms with Crippen molar-refractivity contribution in [2.45, 2.75) is 44.4 Å². The predicted octanol–water partition coefficient (Wildman–Crippen LogP) is 5.12. The lowest BCUT2D eigenvalue weighted by molar-refractivity contribution is 0.135. The molecule has 30 heavy (non-hydrogen) atoms. The van der Waals surface area contributed by atoms with Crippen molar-refractivity contribution in [2.24, 2.45) is 0 Å². The number of halogens is 1. The molecule has 7 heteroatoms. The van der Waals surface area contributed by atoms with Crippen LogP contribution in [-0.2, 0) is 24.2 Å². The number of amides is 1. The van der Waals surface area contributed by atoms with E-state index in [1.54, 1.807) is 11.7 Å². The van der Waals surface area contributed by atoms with Crippen molar-refractivity contribution in [3.8, 4) is 0 Å². The summed E-state index contributed by atoms with van der Waals surface area (Å²) in [4.78, 5) is 20.2. The van der Waals surface area contributed by atoms with E-state index in [1.165, 1.54) is 22.5 Å². The van der Waals surface area contributed by atoms with Crippen molar-refractivity contribution in [1.82, 2.24) is 15.1 Å². The van der Waals surface area contributed by atoms with Crippen LogP contribution in [-0.4, -0.2) is 23.2 Å². The number of alkyl carbamates (subject to hydrolysis) is 1. The zero-order chi connectivity index (χ0) is 21.0. The maximum atomic E-state index is 12.4. The molecule has 0 spiro atoms. The van der Waals surface area contributed by atoms with Crippen molar-refractivity contribution in [3.05, 3.63) is 88.4 Å². The van der Waals surface area contributed by atoms with Crippen LogP contribution in [0.25, 0.3) is 0 Å². The SMILES string of the molecule is O=C(N[C@@H](CC[C@@H](Cc1ccccc1)NCl)Cc1ccccc1)OCc1cncs1. The quantitative estimate of drug-likeness (QED) is 0.404. The number of ether oxygens (including phenoxy) is 1. The molecule has 0 radical (unpaired) electrons. The molecule has 0 aliphatic carbocycles. The number of thiazole rings is 1. The first-order valence-electron chi connectivity index (χ1n) is 9.97. The number of aromatic nitrogens is 1. The van der Waals surface area contributed by atoms with Gasteiger partial charge in [0.2, 0.25) is 0 Å². The number of hydrogen-bond acceptors (Lipinski definition) is 5. The molecular formula is C23H26ClN3O2S. The average molecular weight is 444 g/mol. The standard InChI is InChI=1S/C23H26ClN3O2S/c24-27-21(14-19-9-5-2-6-10-19)12-11-20(13-18-7-3-1-4-8-18)26-23(28)29-16-22-15-25-17-30-22/h1-10,15,17,20-21,27H,11-14,16H2,(H,26,28)/t20-,21-/m0/s1. The van der Waals surface area contributed by atoms with Gasteiger partial charge in [0.05, 0.1) is 10.4 Å². The van der Waals surface area contributed by atoms with Crippen molar-refractivity contribution in [1.29, 1.82) is 0 Å². The number of carbonyl (C=O) groups excluding carboxylic acids is 1. The van der Waals surface area contributed by atoms with Gasteiger partial charge in [0.25, 0.3) is 0 Å². The minimum Gasteiger partial charge on any atom is -0.444 e. The van der Waals surface area contributed by atoms with E-state index in [0.717, 1.165) is 30.6 Å². The summed E-state index contributed by atoms with van der Waals surface area (Å²) in [5, 5.41) is 3.02. The lowest BCUT2D eigenvalue weighted by atomic mass is 9.96. The van der Waals surface area contributed by atoms with Gasteiger partial charge >= 0.3 is 6.09 Å². The molecule has 0 saturated heterocycles. The zero-order valence-electron chi connectivity index (χ0n) is 16.7. The first-order chi connectivity index (χ1) is 14.7. The molecule has 0 aliphatic heterocycles. The molecule has 3 aromatic rings. The van der Waals surface area contributed by atoms with Gasteiger partial charge in [0.15, 0.2) is 0 Å². The Morgan fingerprint density at radius 2 is 1.57 bits per heavy atom. The van der Waals surface area contributed by atoms with Gasteiger partial charge in [-0.1, -0.05) is 60.7 Å². The number of rotatable bonds is 11. The Balaban J connectivity index is 1.56. The molecule has 0 unspecified atom stereocenters. The Hall–Kier alpha value is -2.41. The summed E-state index contributed by atoms with van der Waals surface area (Å²) in [6, 6.07) is 20.4. The third kappa shape index (κ3) is 7.78. The Morgan fingerprint density at radius 3 is 2.13 bits per heavy atom. The highest BCUT2D eigenvalue weighted by molar-refractivity contribution is 7.09. The smallest absolute Gasteiger partial charge is 0.407 e. The normalized spacial score (nSPS) is 12.8. The maximum Gasteiger partial charge on any atom is 0.407 e. The van der Waals surface area contributed by atoms with Crippen LogP contribution < -0.4 is 10.2 Å². The molecule has 0 saturated carbocycles. The van der Waals surface area contributed by atoms with Crippen molar-refractivity contribution in [3.63, 3.8) is 0 Å². The van der Waals surface area contributed by atoms with Crippen molar-refractivity contribution >= 4 is 29.2 Å². The van der Waals surface area contributed by atoms with Gasteiger partial charge in [0, 0.05) is 18.3 Å². The van der Waals surface area contributed by atoms with Crippen LogP contribution in [0.4, 0.5) is 4.79 Å². The minimum absolute atomic E-state index is 0.0512. The van der Waals surface area contributed by atoms with E-state index in [2.05, 4.69) is 39.4 Å². The van der Waals surface area contributed by atoms with Crippen LogP contribution in [0.5, 0.6) is 0 Å². The van der Waals surface area contributed by atoms with E-state index in [0.29, 0.717) is 0 Å². The third-order valence-corrected chi connectivity index (χ3v) is 5.88. The second kappa shape index (κ2) is 12.3. The van der Waals surface area contributed by atoms with E-state index >= 15 is 0 Å². The number of nitrogens with one attached hydrogen (secondary N) is 2. The number of benzene rings is 2. The van der Waals surface area contributed by atoms with E-state index in [1.807, 2.05) is 36.4 Å². The van der Waals surface area contributed by atoms with Gasteiger partial charge in [-0.25, -0.2) is 9.63 Å². The number of carbonyl (C=O) groups is 1. The van der Waals surface area contributed by atoms with E-state index in [-0.39, 0.29) is 18.7 Å². The first-order valence-corrected chi connectivity index (χ1v) is 11.2. The molecule has 5 nitrogen and oxygen atoms in total. The summed E-state index contributed by atoms with van der Waals surface area (Å²) < 4.78 is 5.36. The second-order valence-corrected chi connectivity index (χ2v) is 8.34. The molecule has 1 aromatic heterocycles. The lowest BCUT2D eigenvalue weighted by Crippen LogP contribution is -2.38. The van der Waals surface area contributed by atoms with Crippen LogP contribution in [0.2, 0.25) is 0 Å². The van der Waals surface area contributed by atoms with Crippen LogP contribution >= 0.6 is 23.1 Å². The fourth-order valence-electron chi connectivity index (χ4n) is 3.28. The van der Waals surface area contributed by atoms with Gasteiger partial charge in [-0.05, 0) is 48.6 Å². The van der Waals surface area contributed by atoms with Crippen molar-refractivity contribution < 1.29 is 9.53 Å². The summed E-state index contributed by atoms with van der Waals surface area (Å²) in [5.41, 5.74) is 4.12. The molecule has 0 fully saturated rings. The number of nitrogens with zero attached hydrogens (tertiary/aromatic N) is 1. The molecule has 2 N–H and O–H groups in total. The molecule has 0 bridgehead atoms. The highest BCUT2D eigenvalue weighted by Gasteiger charge is 2.17. The lowest BCUT2D eigenvalue weighted by Gasteiger charge is -2.22. The first kappa shape index (κ1) is 22.3. The largest absolute Gasteiger partial charge is 0.444 e. The zero-order valence-corrected chi connectivity index (χ0v) is 18.2.